The van der Waals surface area contributed by atoms with Crippen molar-refractivity contribution >= 4 is 45.2 Å². The molecule has 0 unspecified atom stereocenters. The molecule has 2 aromatic carbocycles. The number of aromatic amines is 1. The minimum Gasteiger partial charge on any atom is -0.346 e. The van der Waals surface area contributed by atoms with Crippen LogP contribution in [0.2, 0.25) is 0 Å². The molecule has 3 rings (SSSR count). The van der Waals surface area contributed by atoms with Gasteiger partial charge in [-0.05, 0) is 33.6 Å². The standard InChI is InChI=1S/C19H18BrN5O3S/c20-14-8-4-5-9-15(14)22-16(26)10-21-17(27)12-29-19-24-23-18(28)25(19)11-13-6-2-1-3-7-13/h1-9H,10-12H2,(H,21,27)(H,22,26)(H,23,28). The molecular weight excluding hydrogens is 458 g/mol. The fraction of sp³-hybridized carbons (Fsp3) is 0.158. The highest BCUT2D eigenvalue weighted by Crippen LogP contribution is 2.20. The lowest BCUT2D eigenvalue weighted by Gasteiger charge is -2.08. The molecule has 0 aliphatic carbocycles. The number of rotatable bonds is 8. The number of halogens is 1. The molecule has 0 saturated carbocycles. The Morgan fingerprint density at radius 3 is 2.55 bits per heavy atom. The van der Waals surface area contributed by atoms with Crippen molar-refractivity contribution < 1.29 is 9.59 Å². The Bertz CT molecular complexity index is 1050. The number of nitrogens with zero attached hydrogens (tertiary/aromatic N) is 2. The van der Waals surface area contributed by atoms with Crippen LogP contribution in [0.4, 0.5) is 5.69 Å². The number of aromatic nitrogens is 3. The highest BCUT2D eigenvalue weighted by atomic mass is 79.9. The first-order chi connectivity index (χ1) is 14.0. The molecule has 29 heavy (non-hydrogen) atoms. The van der Waals surface area contributed by atoms with E-state index in [-0.39, 0.29) is 29.8 Å². The second kappa shape index (κ2) is 10.1. The van der Waals surface area contributed by atoms with Gasteiger partial charge in [-0.2, -0.15) is 0 Å². The zero-order chi connectivity index (χ0) is 20.6. The first-order valence-electron chi connectivity index (χ1n) is 8.66. The lowest BCUT2D eigenvalue weighted by molar-refractivity contribution is -0.122. The van der Waals surface area contributed by atoms with Gasteiger partial charge >= 0.3 is 5.69 Å². The Morgan fingerprint density at radius 1 is 1.07 bits per heavy atom. The van der Waals surface area contributed by atoms with Crippen LogP contribution in [0.5, 0.6) is 0 Å². The molecule has 1 aromatic heterocycles. The fourth-order valence-electron chi connectivity index (χ4n) is 2.44. The average molecular weight is 476 g/mol. The molecule has 8 nitrogen and oxygen atoms in total. The van der Waals surface area contributed by atoms with E-state index in [1.807, 2.05) is 42.5 Å². The average Bonchev–Trinajstić information content (AvgIpc) is 3.07. The normalized spacial score (nSPS) is 10.5. The monoisotopic (exact) mass is 475 g/mol. The van der Waals surface area contributed by atoms with Gasteiger partial charge in [-0.3, -0.25) is 14.2 Å². The van der Waals surface area contributed by atoms with Crippen molar-refractivity contribution in [1.29, 1.82) is 0 Å². The second-order valence-corrected chi connectivity index (χ2v) is 7.77. The van der Waals surface area contributed by atoms with Crippen molar-refractivity contribution in [1.82, 2.24) is 20.1 Å². The number of anilines is 1. The molecule has 10 heteroatoms. The fourth-order valence-corrected chi connectivity index (χ4v) is 3.60. The van der Waals surface area contributed by atoms with Crippen LogP contribution in [-0.4, -0.2) is 38.9 Å². The molecule has 0 saturated heterocycles. The molecule has 2 amide bonds. The Balaban J connectivity index is 1.49. The SMILES string of the molecule is O=C(CSc1n[nH]c(=O)n1Cc1ccccc1)NCC(=O)Nc1ccccc1Br. The molecule has 0 aliphatic heterocycles. The van der Waals surface area contributed by atoms with Crippen molar-refractivity contribution in [3.8, 4) is 0 Å². The molecule has 3 N–H and O–H groups in total. The number of H-pyrrole nitrogens is 1. The minimum absolute atomic E-state index is 0.0292. The quantitative estimate of drug-likeness (QED) is 0.432. The van der Waals surface area contributed by atoms with Crippen LogP contribution in [0.15, 0.2) is 69.0 Å². The van der Waals surface area contributed by atoms with Gasteiger partial charge in [-0.15, -0.1) is 5.10 Å². The van der Waals surface area contributed by atoms with Gasteiger partial charge in [0.1, 0.15) is 0 Å². The predicted molar refractivity (Wildman–Crippen MR) is 115 cm³/mol. The molecule has 3 aromatic rings. The van der Waals surface area contributed by atoms with Crippen LogP contribution in [-0.2, 0) is 16.1 Å². The van der Waals surface area contributed by atoms with Crippen molar-refractivity contribution in [3.05, 3.63) is 75.1 Å². The van der Waals surface area contributed by atoms with Crippen LogP contribution in [0.25, 0.3) is 0 Å². The third-order valence-electron chi connectivity index (χ3n) is 3.83. The summed E-state index contributed by atoms with van der Waals surface area (Å²) in [6.07, 6.45) is 0. The van der Waals surface area contributed by atoms with Crippen molar-refractivity contribution in [2.45, 2.75) is 11.7 Å². The van der Waals surface area contributed by atoms with Gasteiger partial charge in [0, 0.05) is 4.47 Å². The van der Waals surface area contributed by atoms with E-state index in [1.165, 1.54) is 4.57 Å². The second-order valence-electron chi connectivity index (χ2n) is 5.98. The van der Waals surface area contributed by atoms with Gasteiger partial charge < -0.3 is 10.6 Å². The van der Waals surface area contributed by atoms with E-state index < -0.39 is 0 Å². The largest absolute Gasteiger partial charge is 0.346 e. The van der Waals surface area contributed by atoms with Crippen molar-refractivity contribution in [2.24, 2.45) is 0 Å². The maximum atomic E-state index is 12.1. The molecule has 1 heterocycles. The van der Waals surface area contributed by atoms with E-state index in [4.69, 9.17) is 0 Å². The van der Waals surface area contributed by atoms with Crippen LogP contribution in [0, 0.1) is 0 Å². The summed E-state index contributed by atoms with van der Waals surface area (Å²) in [5.74, 6) is -0.642. The van der Waals surface area contributed by atoms with Crippen LogP contribution in [0.1, 0.15) is 5.56 Å². The summed E-state index contributed by atoms with van der Waals surface area (Å²) in [5.41, 5.74) is 1.23. The number of nitrogens with one attached hydrogen (secondary N) is 3. The topological polar surface area (TPSA) is 109 Å². The zero-order valence-electron chi connectivity index (χ0n) is 15.2. The molecule has 0 spiro atoms. The number of carbonyl (C=O) groups is 2. The van der Waals surface area contributed by atoms with Gasteiger partial charge in [0.25, 0.3) is 0 Å². The summed E-state index contributed by atoms with van der Waals surface area (Å²) in [5, 5.41) is 12.0. The number of para-hydroxylation sites is 1. The van der Waals surface area contributed by atoms with Gasteiger partial charge in [0.15, 0.2) is 5.16 Å². The number of benzene rings is 2. The number of hydrogen-bond acceptors (Lipinski definition) is 5. The predicted octanol–water partition coefficient (Wildman–Crippen LogP) is 2.23. The first kappa shape index (κ1) is 20.9. The molecule has 150 valence electrons. The maximum Gasteiger partial charge on any atom is 0.344 e. The number of hydrogen-bond donors (Lipinski definition) is 3. The third-order valence-corrected chi connectivity index (χ3v) is 5.50. The highest BCUT2D eigenvalue weighted by Gasteiger charge is 2.13. The number of thioether (sulfide) groups is 1. The molecule has 0 bridgehead atoms. The zero-order valence-corrected chi connectivity index (χ0v) is 17.6. The van der Waals surface area contributed by atoms with E-state index in [0.717, 1.165) is 21.8 Å². The first-order valence-corrected chi connectivity index (χ1v) is 10.4. The summed E-state index contributed by atoms with van der Waals surface area (Å²) in [6, 6.07) is 16.7. The summed E-state index contributed by atoms with van der Waals surface area (Å²) in [7, 11) is 0. The van der Waals surface area contributed by atoms with Crippen molar-refractivity contribution in [3.63, 3.8) is 0 Å². The molecular formula is C19H18BrN5O3S. The number of amides is 2. The van der Waals surface area contributed by atoms with Crippen LogP contribution >= 0.6 is 27.7 Å². The van der Waals surface area contributed by atoms with E-state index in [9.17, 15) is 14.4 Å². The molecule has 0 aliphatic rings. The van der Waals surface area contributed by atoms with Gasteiger partial charge in [-0.25, -0.2) is 9.89 Å². The minimum atomic E-state index is -0.343. The summed E-state index contributed by atoms with van der Waals surface area (Å²) in [6.45, 7) is 0.201. The number of carbonyl (C=O) groups excluding carboxylic acids is 2. The van der Waals surface area contributed by atoms with Gasteiger partial charge in [0.2, 0.25) is 11.8 Å². The maximum absolute atomic E-state index is 12.1. The third kappa shape index (κ3) is 6.06. The highest BCUT2D eigenvalue weighted by molar-refractivity contribution is 9.10. The van der Waals surface area contributed by atoms with Gasteiger partial charge in [0.05, 0.1) is 24.5 Å². The van der Waals surface area contributed by atoms with E-state index in [1.54, 1.807) is 12.1 Å². The van der Waals surface area contributed by atoms with E-state index >= 15 is 0 Å². The Labute approximate surface area is 179 Å². The van der Waals surface area contributed by atoms with Crippen LogP contribution < -0.4 is 16.3 Å². The summed E-state index contributed by atoms with van der Waals surface area (Å²) >= 11 is 4.47. The van der Waals surface area contributed by atoms with Crippen molar-refractivity contribution in [2.75, 3.05) is 17.6 Å². The smallest absolute Gasteiger partial charge is 0.344 e. The van der Waals surface area contributed by atoms with E-state index in [0.29, 0.717) is 17.4 Å². The molecule has 0 fully saturated rings. The lowest BCUT2D eigenvalue weighted by atomic mass is 10.2. The Kier molecular flexibility index (Phi) is 7.25. The van der Waals surface area contributed by atoms with Gasteiger partial charge in [-0.1, -0.05) is 54.2 Å². The van der Waals surface area contributed by atoms with Crippen LogP contribution in [0.3, 0.4) is 0 Å². The molecule has 0 radical (unpaired) electrons. The molecule has 0 atom stereocenters. The summed E-state index contributed by atoms with van der Waals surface area (Å²) in [4.78, 5) is 36.0. The Morgan fingerprint density at radius 2 is 1.79 bits per heavy atom. The summed E-state index contributed by atoms with van der Waals surface area (Å²) < 4.78 is 2.22. The van der Waals surface area contributed by atoms with E-state index in [2.05, 4.69) is 36.8 Å². The lowest BCUT2D eigenvalue weighted by Crippen LogP contribution is -2.34. The Hall–Kier alpha value is -2.85.